The third-order valence-electron chi connectivity index (χ3n) is 3.82. The predicted molar refractivity (Wildman–Crippen MR) is 73.6 cm³/mol. The zero-order valence-corrected chi connectivity index (χ0v) is 11.5. The number of esters is 1. The number of ether oxygens (including phenoxy) is 2. The third-order valence-corrected chi connectivity index (χ3v) is 3.82. The largest absolute Gasteiger partial charge is 0.465 e. The number of benzene rings is 1. The molecule has 2 rings (SSSR count). The molecule has 3 heteroatoms. The molecule has 1 fully saturated rings. The summed E-state index contributed by atoms with van der Waals surface area (Å²) in [4.78, 5) is 11.3. The topological polar surface area (TPSA) is 35.5 Å². The molecule has 19 heavy (non-hydrogen) atoms. The summed E-state index contributed by atoms with van der Waals surface area (Å²) in [6, 6.07) is 10.2. The Kier molecular flexibility index (Phi) is 5.40. The van der Waals surface area contributed by atoms with Gasteiger partial charge in [-0.15, -0.1) is 0 Å². The van der Waals surface area contributed by atoms with Gasteiger partial charge in [0.1, 0.15) is 0 Å². The Balaban J connectivity index is 1.70. The van der Waals surface area contributed by atoms with Gasteiger partial charge in [0.05, 0.1) is 13.2 Å². The van der Waals surface area contributed by atoms with Gasteiger partial charge in [0.15, 0.2) is 0 Å². The van der Waals surface area contributed by atoms with Crippen LogP contribution in [-0.4, -0.2) is 19.2 Å². The number of carbonyl (C=O) groups excluding carboxylic acids is 1. The van der Waals surface area contributed by atoms with Gasteiger partial charge in [-0.1, -0.05) is 37.3 Å². The van der Waals surface area contributed by atoms with E-state index < -0.39 is 0 Å². The van der Waals surface area contributed by atoms with Crippen LogP contribution in [0.1, 0.15) is 31.7 Å². The highest BCUT2D eigenvalue weighted by atomic mass is 16.5. The van der Waals surface area contributed by atoms with E-state index in [1.54, 1.807) is 0 Å². The SMILES string of the molecule is CC[C@H]1COC(=O)C[C@@H]1CCOCc1ccccc1. The predicted octanol–water partition coefficient (Wildman–Crippen LogP) is 3.18. The standard InChI is InChI=1S/C16H22O3/c1-2-14-12-19-16(17)10-15(14)8-9-18-11-13-6-4-3-5-7-13/h3-7,14-15H,2,8-12H2,1H3/t14-,15-/m0/s1. The minimum absolute atomic E-state index is 0.0576. The fourth-order valence-electron chi connectivity index (χ4n) is 2.56. The quantitative estimate of drug-likeness (QED) is 0.583. The molecule has 0 bridgehead atoms. The van der Waals surface area contributed by atoms with Crippen LogP contribution in [-0.2, 0) is 20.9 Å². The van der Waals surface area contributed by atoms with Crippen molar-refractivity contribution in [3.63, 3.8) is 0 Å². The normalized spacial score (nSPS) is 23.1. The van der Waals surface area contributed by atoms with E-state index in [2.05, 4.69) is 19.1 Å². The average Bonchev–Trinajstić information content (AvgIpc) is 2.45. The van der Waals surface area contributed by atoms with E-state index in [4.69, 9.17) is 9.47 Å². The molecule has 1 heterocycles. The lowest BCUT2D eigenvalue weighted by Crippen LogP contribution is -2.31. The Labute approximate surface area is 114 Å². The van der Waals surface area contributed by atoms with Gasteiger partial charge in [-0.05, 0) is 30.2 Å². The van der Waals surface area contributed by atoms with Gasteiger partial charge in [0.2, 0.25) is 0 Å². The molecule has 3 nitrogen and oxygen atoms in total. The summed E-state index contributed by atoms with van der Waals surface area (Å²) < 4.78 is 10.8. The highest BCUT2D eigenvalue weighted by molar-refractivity contribution is 5.70. The molecule has 1 aliphatic rings. The summed E-state index contributed by atoms with van der Waals surface area (Å²) in [5, 5.41) is 0. The van der Waals surface area contributed by atoms with Gasteiger partial charge in [-0.3, -0.25) is 4.79 Å². The van der Waals surface area contributed by atoms with Crippen molar-refractivity contribution in [1.29, 1.82) is 0 Å². The van der Waals surface area contributed by atoms with Crippen molar-refractivity contribution in [3.8, 4) is 0 Å². The maximum Gasteiger partial charge on any atom is 0.306 e. The first-order chi connectivity index (χ1) is 9.29. The van der Waals surface area contributed by atoms with Crippen LogP contribution in [0, 0.1) is 11.8 Å². The lowest BCUT2D eigenvalue weighted by Gasteiger charge is -2.29. The molecule has 0 saturated carbocycles. The van der Waals surface area contributed by atoms with Crippen molar-refractivity contribution in [1.82, 2.24) is 0 Å². The van der Waals surface area contributed by atoms with E-state index in [0.717, 1.165) is 12.8 Å². The Morgan fingerprint density at radius 1 is 1.26 bits per heavy atom. The van der Waals surface area contributed by atoms with Crippen molar-refractivity contribution in [2.45, 2.75) is 32.8 Å². The summed E-state index contributed by atoms with van der Waals surface area (Å²) >= 11 is 0. The lowest BCUT2D eigenvalue weighted by atomic mass is 9.84. The van der Waals surface area contributed by atoms with Crippen LogP contribution in [0.3, 0.4) is 0 Å². The van der Waals surface area contributed by atoms with E-state index in [9.17, 15) is 4.79 Å². The van der Waals surface area contributed by atoms with Crippen LogP contribution in [0.4, 0.5) is 0 Å². The smallest absolute Gasteiger partial charge is 0.306 e. The Hall–Kier alpha value is -1.35. The molecule has 0 N–H and O–H groups in total. The van der Waals surface area contributed by atoms with Gasteiger partial charge in [-0.25, -0.2) is 0 Å². The fourth-order valence-corrected chi connectivity index (χ4v) is 2.56. The molecule has 0 aliphatic carbocycles. The van der Waals surface area contributed by atoms with Gasteiger partial charge < -0.3 is 9.47 Å². The Morgan fingerprint density at radius 3 is 2.79 bits per heavy atom. The molecule has 0 aromatic heterocycles. The molecular weight excluding hydrogens is 240 g/mol. The first-order valence-corrected chi connectivity index (χ1v) is 7.07. The van der Waals surface area contributed by atoms with Crippen molar-refractivity contribution < 1.29 is 14.3 Å². The van der Waals surface area contributed by atoms with E-state index >= 15 is 0 Å². The first kappa shape index (κ1) is 14.1. The second-order valence-corrected chi connectivity index (χ2v) is 5.14. The minimum Gasteiger partial charge on any atom is -0.465 e. The van der Waals surface area contributed by atoms with Crippen LogP contribution >= 0.6 is 0 Å². The molecule has 1 aliphatic heterocycles. The van der Waals surface area contributed by atoms with Crippen LogP contribution in [0.2, 0.25) is 0 Å². The van der Waals surface area contributed by atoms with Gasteiger partial charge in [0.25, 0.3) is 0 Å². The fraction of sp³-hybridized carbons (Fsp3) is 0.562. The molecule has 0 unspecified atom stereocenters. The molecule has 0 amide bonds. The molecule has 1 saturated heterocycles. The monoisotopic (exact) mass is 262 g/mol. The molecule has 104 valence electrons. The van der Waals surface area contributed by atoms with Gasteiger partial charge in [0, 0.05) is 13.0 Å². The summed E-state index contributed by atoms with van der Waals surface area (Å²) in [7, 11) is 0. The maximum atomic E-state index is 11.3. The number of carbonyl (C=O) groups is 1. The van der Waals surface area contributed by atoms with Crippen molar-refractivity contribution >= 4 is 5.97 Å². The zero-order valence-electron chi connectivity index (χ0n) is 11.5. The summed E-state index contributed by atoms with van der Waals surface area (Å²) in [6.07, 6.45) is 2.56. The molecule has 1 aromatic rings. The molecule has 0 spiro atoms. The van der Waals surface area contributed by atoms with E-state index in [1.807, 2.05) is 18.2 Å². The number of cyclic esters (lactones) is 1. The van der Waals surface area contributed by atoms with Crippen LogP contribution in [0.5, 0.6) is 0 Å². The van der Waals surface area contributed by atoms with Gasteiger partial charge >= 0.3 is 5.97 Å². The number of rotatable bonds is 6. The molecule has 1 aromatic carbocycles. The molecule has 0 radical (unpaired) electrons. The second kappa shape index (κ2) is 7.29. The first-order valence-electron chi connectivity index (χ1n) is 7.07. The third kappa shape index (κ3) is 4.35. The lowest BCUT2D eigenvalue weighted by molar-refractivity contribution is -0.153. The van der Waals surface area contributed by atoms with Crippen molar-refractivity contribution in [2.24, 2.45) is 11.8 Å². The summed E-state index contributed by atoms with van der Waals surface area (Å²) in [5.41, 5.74) is 1.19. The van der Waals surface area contributed by atoms with Crippen LogP contribution in [0.15, 0.2) is 30.3 Å². The van der Waals surface area contributed by atoms with E-state index in [-0.39, 0.29) is 5.97 Å². The van der Waals surface area contributed by atoms with Crippen LogP contribution in [0.25, 0.3) is 0 Å². The minimum atomic E-state index is -0.0576. The van der Waals surface area contributed by atoms with E-state index in [1.165, 1.54) is 5.56 Å². The van der Waals surface area contributed by atoms with Crippen LogP contribution < -0.4 is 0 Å². The van der Waals surface area contributed by atoms with E-state index in [0.29, 0.717) is 38.1 Å². The van der Waals surface area contributed by atoms with Crippen molar-refractivity contribution in [2.75, 3.05) is 13.2 Å². The highest BCUT2D eigenvalue weighted by Crippen LogP contribution is 2.28. The number of hydrogen-bond donors (Lipinski definition) is 0. The Morgan fingerprint density at radius 2 is 2.05 bits per heavy atom. The second-order valence-electron chi connectivity index (χ2n) is 5.14. The average molecular weight is 262 g/mol. The summed E-state index contributed by atoms with van der Waals surface area (Å²) in [5.74, 6) is 0.859. The number of hydrogen-bond acceptors (Lipinski definition) is 3. The molecular formula is C16H22O3. The maximum absolute atomic E-state index is 11.3. The highest BCUT2D eigenvalue weighted by Gasteiger charge is 2.28. The Bertz CT molecular complexity index is 388. The summed E-state index contributed by atoms with van der Waals surface area (Å²) in [6.45, 7) is 4.10. The molecule has 2 atom stereocenters. The zero-order chi connectivity index (χ0) is 13.5. The van der Waals surface area contributed by atoms with Crippen molar-refractivity contribution in [3.05, 3.63) is 35.9 Å². The van der Waals surface area contributed by atoms with Gasteiger partial charge in [-0.2, -0.15) is 0 Å².